The van der Waals surface area contributed by atoms with Crippen LogP contribution in [0.15, 0.2) is 72.5 Å². The van der Waals surface area contributed by atoms with Gasteiger partial charge >= 0.3 is 0 Å². The largest absolute Gasteiger partial charge is 0.382 e. The lowest BCUT2D eigenvalue weighted by atomic mass is 10.1. The molecule has 0 unspecified atom stereocenters. The van der Waals surface area contributed by atoms with Crippen molar-refractivity contribution >= 4 is 0 Å². The van der Waals surface area contributed by atoms with E-state index in [0.717, 1.165) is 18.7 Å². The van der Waals surface area contributed by atoms with E-state index in [1.807, 2.05) is 12.2 Å². The molecule has 0 radical (unpaired) electrons. The molecule has 0 bridgehead atoms. The van der Waals surface area contributed by atoms with E-state index in [1.54, 1.807) is 0 Å². The maximum absolute atomic E-state index is 3.74. The Bertz CT molecular complexity index is 403. The summed E-state index contributed by atoms with van der Waals surface area (Å²) in [6.07, 6.45) is 19.8. The Morgan fingerprint density at radius 1 is 1.44 bits per heavy atom. The molecular formula is C17H23N. The number of rotatable bonds is 6. The molecule has 1 rings (SSSR count). The van der Waals surface area contributed by atoms with Crippen LogP contribution < -0.4 is 5.32 Å². The summed E-state index contributed by atoms with van der Waals surface area (Å²) in [6.45, 7) is 8.92. The van der Waals surface area contributed by atoms with Crippen LogP contribution in [0.5, 0.6) is 0 Å². The molecule has 1 aliphatic rings. The Morgan fingerprint density at radius 3 is 2.89 bits per heavy atom. The number of nitrogens with one attached hydrogen (secondary N) is 1. The van der Waals surface area contributed by atoms with Gasteiger partial charge in [-0.2, -0.15) is 0 Å². The van der Waals surface area contributed by atoms with Crippen LogP contribution in [0, 0.1) is 5.92 Å². The van der Waals surface area contributed by atoms with Gasteiger partial charge in [0, 0.05) is 12.2 Å². The fourth-order valence-corrected chi connectivity index (χ4v) is 1.58. The Balaban J connectivity index is 2.48. The molecule has 0 fully saturated rings. The zero-order valence-electron chi connectivity index (χ0n) is 11.4. The Labute approximate surface area is 111 Å². The third-order valence-electron chi connectivity index (χ3n) is 2.54. The summed E-state index contributed by atoms with van der Waals surface area (Å²) in [5.74, 6) is 0.560. The van der Waals surface area contributed by atoms with Crippen molar-refractivity contribution in [1.29, 1.82) is 0 Å². The summed E-state index contributed by atoms with van der Waals surface area (Å²) >= 11 is 0. The highest BCUT2D eigenvalue weighted by atomic mass is 14.9. The zero-order valence-corrected chi connectivity index (χ0v) is 11.4. The minimum Gasteiger partial charge on any atom is -0.382 e. The molecule has 0 spiro atoms. The standard InChI is InChI=1S/C17H23N/c1-4-8-17(12-11-15(2)3)18-14-13-16-9-6-5-7-10-16/h4-9,11-13,15,18H,1,10,14H2,2-3H3/b12-11-,16-13-,17-8+. The van der Waals surface area contributed by atoms with Gasteiger partial charge in [-0.05, 0) is 30.1 Å². The smallest absolute Gasteiger partial charge is 0.0339 e. The second-order valence-electron chi connectivity index (χ2n) is 4.61. The predicted octanol–water partition coefficient (Wildman–Crippen LogP) is 4.30. The lowest BCUT2D eigenvalue weighted by Gasteiger charge is -2.07. The van der Waals surface area contributed by atoms with Gasteiger partial charge in [-0.1, -0.05) is 63.0 Å². The molecule has 0 saturated carbocycles. The first kappa shape index (κ1) is 14.3. The maximum Gasteiger partial charge on any atom is 0.0339 e. The van der Waals surface area contributed by atoms with Crippen LogP contribution in [0.25, 0.3) is 0 Å². The maximum atomic E-state index is 3.74. The average Bonchev–Trinajstić information content (AvgIpc) is 2.37. The van der Waals surface area contributed by atoms with Crippen molar-refractivity contribution in [3.8, 4) is 0 Å². The molecule has 0 amide bonds. The number of allylic oxidation sites excluding steroid dienone is 9. The fraction of sp³-hybridized carbons (Fsp3) is 0.294. The molecule has 1 N–H and O–H groups in total. The second-order valence-corrected chi connectivity index (χ2v) is 4.61. The SMILES string of the molecule is C=C/C=C(\C=C/C(C)C)NC/C=C1/C=CC=CC1. The highest BCUT2D eigenvalue weighted by molar-refractivity contribution is 5.30. The summed E-state index contributed by atoms with van der Waals surface area (Å²) in [5, 5.41) is 3.39. The molecule has 1 nitrogen and oxygen atoms in total. The van der Waals surface area contributed by atoms with Crippen LogP contribution in [-0.2, 0) is 0 Å². The normalized spacial score (nSPS) is 17.9. The Morgan fingerprint density at radius 2 is 2.28 bits per heavy atom. The van der Waals surface area contributed by atoms with Crippen molar-refractivity contribution < 1.29 is 0 Å². The highest BCUT2D eigenvalue weighted by Gasteiger charge is 1.94. The van der Waals surface area contributed by atoms with Crippen LogP contribution in [0.2, 0.25) is 0 Å². The van der Waals surface area contributed by atoms with Gasteiger partial charge in [-0.3, -0.25) is 0 Å². The first-order valence-corrected chi connectivity index (χ1v) is 6.49. The van der Waals surface area contributed by atoms with E-state index in [0.29, 0.717) is 5.92 Å². The van der Waals surface area contributed by atoms with Crippen molar-refractivity contribution in [2.75, 3.05) is 6.54 Å². The highest BCUT2D eigenvalue weighted by Crippen LogP contribution is 2.09. The van der Waals surface area contributed by atoms with Gasteiger partial charge < -0.3 is 5.32 Å². The van der Waals surface area contributed by atoms with Crippen LogP contribution in [0.3, 0.4) is 0 Å². The van der Waals surface area contributed by atoms with Gasteiger partial charge in [-0.25, -0.2) is 0 Å². The molecule has 1 aliphatic carbocycles. The molecule has 1 heteroatoms. The first-order valence-electron chi connectivity index (χ1n) is 6.49. The van der Waals surface area contributed by atoms with Gasteiger partial charge in [0.15, 0.2) is 0 Å². The average molecular weight is 241 g/mol. The molecule has 96 valence electrons. The summed E-state index contributed by atoms with van der Waals surface area (Å²) in [5.41, 5.74) is 2.46. The van der Waals surface area contributed by atoms with Gasteiger partial charge in [0.05, 0.1) is 0 Å². The van der Waals surface area contributed by atoms with Crippen LogP contribution in [-0.4, -0.2) is 6.54 Å². The quantitative estimate of drug-likeness (QED) is 0.684. The van der Waals surface area contributed by atoms with Crippen molar-refractivity contribution in [2.24, 2.45) is 5.92 Å². The summed E-state index contributed by atoms with van der Waals surface area (Å²) in [6, 6.07) is 0. The minimum atomic E-state index is 0.560. The van der Waals surface area contributed by atoms with E-state index < -0.39 is 0 Å². The summed E-state index contributed by atoms with van der Waals surface area (Å²) in [7, 11) is 0. The monoisotopic (exact) mass is 241 g/mol. The molecule has 0 aromatic rings. The van der Waals surface area contributed by atoms with E-state index in [2.05, 4.69) is 68.3 Å². The Hall–Kier alpha value is -1.76. The lowest BCUT2D eigenvalue weighted by molar-refractivity contribution is 0.825. The first-order chi connectivity index (χ1) is 8.72. The molecule has 0 saturated heterocycles. The van der Waals surface area contributed by atoms with Crippen LogP contribution >= 0.6 is 0 Å². The molecule has 0 aromatic carbocycles. The number of hydrogen-bond donors (Lipinski definition) is 1. The predicted molar refractivity (Wildman–Crippen MR) is 81.2 cm³/mol. The molecule has 0 heterocycles. The van der Waals surface area contributed by atoms with Gasteiger partial charge in [0.2, 0.25) is 0 Å². The minimum absolute atomic E-state index is 0.560. The van der Waals surface area contributed by atoms with Gasteiger partial charge in [0.25, 0.3) is 0 Å². The van der Waals surface area contributed by atoms with Crippen molar-refractivity contribution in [2.45, 2.75) is 20.3 Å². The molecule has 18 heavy (non-hydrogen) atoms. The summed E-state index contributed by atoms with van der Waals surface area (Å²) in [4.78, 5) is 0. The molecular weight excluding hydrogens is 218 g/mol. The number of hydrogen-bond acceptors (Lipinski definition) is 1. The molecule has 0 atom stereocenters. The van der Waals surface area contributed by atoms with E-state index in [9.17, 15) is 0 Å². The van der Waals surface area contributed by atoms with Crippen molar-refractivity contribution in [1.82, 2.24) is 5.32 Å². The van der Waals surface area contributed by atoms with E-state index in [-0.39, 0.29) is 0 Å². The molecule has 0 aromatic heterocycles. The van der Waals surface area contributed by atoms with E-state index in [1.165, 1.54) is 5.57 Å². The second kappa shape index (κ2) is 8.35. The topological polar surface area (TPSA) is 12.0 Å². The van der Waals surface area contributed by atoms with E-state index in [4.69, 9.17) is 0 Å². The van der Waals surface area contributed by atoms with Crippen LogP contribution in [0.4, 0.5) is 0 Å². The third kappa shape index (κ3) is 6.09. The van der Waals surface area contributed by atoms with Gasteiger partial charge in [0.1, 0.15) is 0 Å². The van der Waals surface area contributed by atoms with Crippen LogP contribution in [0.1, 0.15) is 20.3 Å². The van der Waals surface area contributed by atoms with Crippen molar-refractivity contribution in [3.05, 3.63) is 72.5 Å². The van der Waals surface area contributed by atoms with Gasteiger partial charge in [-0.15, -0.1) is 0 Å². The Kier molecular flexibility index (Phi) is 6.63. The lowest BCUT2D eigenvalue weighted by Crippen LogP contribution is -2.12. The third-order valence-corrected chi connectivity index (χ3v) is 2.54. The zero-order chi connectivity index (χ0) is 13.2. The fourth-order valence-electron chi connectivity index (χ4n) is 1.58. The summed E-state index contributed by atoms with van der Waals surface area (Å²) < 4.78 is 0. The van der Waals surface area contributed by atoms with E-state index >= 15 is 0 Å². The van der Waals surface area contributed by atoms with Crippen molar-refractivity contribution in [3.63, 3.8) is 0 Å². The molecule has 0 aliphatic heterocycles.